The van der Waals surface area contributed by atoms with E-state index in [0.29, 0.717) is 28.9 Å². The van der Waals surface area contributed by atoms with Crippen LogP contribution >= 0.6 is 0 Å². The monoisotopic (exact) mass is 312 g/mol. The molecule has 0 atom stereocenters. The highest BCUT2D eigenvalue weighted by Gasteiger charge is 2.15. The van der Waals surface area contributed by atoms with E-state index in [1.807, 2.05) is 13.0 Å². The van der Waals surface area contributed by atoms with Crippen molar-refractivity contribution in [2.24, 2.45) is 0 Å². The summed E-state index contributed by atoms with van der Waals surface area (Å²) in [7, 11) is 0. The molecule has 4 heteroatoms. The molecule has 0 aliphatic heterocycles. The summed E-state index contributed by atoms with van der Waals surface area (Å²) in [5.41, 5.74) is 2.41. The second kappa shape index (κ2) is 7.58. The van der Waals surface area contributed by atoms with Crippen LogP contribution in [0.4, 0.5) is 0 Å². The van der Waals surface area contributed by atoms with Gasteiger partial charge in [0.05, 0.1) is 5.56 Å². The average molecular weight is 312 g/mol. The van der Waals surface area contributed by atoms with Gasteiger partial charge in [-0.2, -0.15) is 0 Å². The molecule has 23 heavy (non-hydrogen) atoms. The SMILES string of the molecule is CCCc1c(OCc2cccc(C=O)c2)ccc(C(C)=O)c1O. The molecule has 0 radical (unpaired) electrons. The van der Waals surface area contributed by atoms with Gasteiger partial charge in [-0.15, -0.1) is 0 Å². The second-order valence-electron chi connectivity index (χ2n) is 5.40. The molecule has 0 spiro atoms. The molecular weight excluding hydrogens is 292 g/mol. The Balaban J connectivity index is 2.26. The third-order valence-corrected chi connectivity index (χ3v) is 3.60. The molecule has 0 saturated carbocycles. The molecular formula is C19H20O4. The summed E-state index contributed by atoms with van der Waals surface area (Å²) >= 11 is 0. The van der Waals surface area contributed by atoms with Gasteiger partial charge in [-0.05, 0) is 37.1 Å². The van der Waals surface area contributed by atoms with Gasteiger partial charge in [0.15, 0.2) is 5.78 Å². The summed E-state index contributed by atoms with van der Waals surface area (Å²) in [5.74, 6) is 0.384. The van der Waals surface area contributed by atoms with Crippen LogP contribution in [0.3, 0.4) is 0 Å². The van der Waals surface area contributed by atoms with E-state index in [9.17, 15) is 14.7 Å². The molecule has 0 bridgehead atoms. The molecule has 2 rings (SSSR count). The first-order valence-electron chi connectivity index (χ1n) is 7.59. The topological polar surface area (TPSA) is 63.6 Å². The van der Waals surface area contributed by atoms with Crippen LogP contribution in [0.15, 0.2) is 36.4 Å². The van der Waals surface area contributed by atoms with Crippen molar-refractivity contribution in [3.05, 3.63) is 58.7 Å². The first kappa shape index (κ1) is 16.7. The highest BCUT2D eigenvalue weighted by molar-refractivity contribution is 5.97. The molecule has 0 aromatic heterocycles. The fourth-order valence-corrected chi connectivity index (χ4v) is 2.45. The number of phenols is 1. The number of ether oxygens (including phenoxy) is 1. The number of hydrogen-bond donors (Lipinski definition) is 1. The summed E-state index contributed by atoms with van der Waals surface area (Å²) in [6.07, 6.45) is 2.24. The summed E-state index contributed by atoms with van der Waals surface area (Å²) in [6.45, 7) is 3.71. The highest BCUT2D eigenvalue weighted by Crippen LogP contribution is 2.33. The molecule has 0 aliphatic carbocycles. The molecule has 0 fully saturated rings. The Morgan fingerprint density at radius 3 is 2.70 bits per heavy atom. The predicted molar refractivity (Wildman–Crippen MR) is 88.3 cm³/mol. The van der Waals surface area contributed by atoms with Gasteiger partial charge < -0.3 is 9.84 Å². The quantitative estimate of drug-likeness (QED) is 0.621. The molecule has 2 aromatic carbocycles. The number of carbonyl (C=O) groups is 2. The van der Waals surface area contributed by atoms with Gasteiger partial charge in [0.25, 0.3) is 0 Å². The van der Waals surface area contributed by atoms with Crippen LogP contribution in [0.2, 0.25) is 0 Å². The van der Waals surface area contributed by atoms with E-state index in [4.69, 9.17) is 4.74 Å². The fourth-order valence-electron chi connectivity index (χ4n) is 2.45. The van der Waals surface area contributed by atoms with E-state index in [2.05, 4.69) is 0 Å². The number of ketones is 1. The molecule has 120 valence electrons. The maximum atomic E-state index is 11.5. The second-order valence-corrected chi connectivity index (χ2v) is 5.40. The van der Waals surface area contributed by atoms with Crippen LogP contribution in [-0.2, 0) is 13.0 Å². The van der Waals surface area contributed by atoms with Crippen LogP contribution in [-0.4, -0.2) is 17.2 Å². The number of hydrogen-bond acceptors (Lipinski definition) is 4. The van der Waals surface area contributed by atoms with E-state index in [0.717, 1.165) is 18.3 Å². The van der Waals surface area contributed by atoms with E-state index in [-0.39, 0.29) is 18.1 Å². The lowest BCUT2D eigenvalue weighted by atomic mass is 10.0. The Kier molecular flexibility index (Phi) is 5.52. The maximum Gasteiger partial charge on any atom is 0.163 e. The molecule has 0 amide bonds. The van der Waals surface area contributed by atoms with Crippen LogP contribution in [0.25, 0.3) is 0 Å². The van der Waals surface area contributed by atoms with Crippen molar-refractivity contribution in [1.29, 1.82) is 0 Å². The summed E-state index contributed by atoms with van der Waals surface area (Å²) in [6, 6.07) is 10.4. The fraction of sp³-hybridized carbons (Fsp3) is 0.263. The number of aromatic hydroxyl groups is 1. The number of rotatable bonds is 7. The highest BCUT2D eigenvalue weighted by atomic mass is 16.5. The average Bonchev–Trinajstić information content (AvgIpc) is 2.55. The van der Waals surface area contributed by atoms with Gasteiger partial charge in [-0.25, -0.2) is 0 Å². The molecule has 0 unspecified atom stereocenters. The number of aldehydes is 1. The van der Waals surface area contributed by atoms with Crippen molar-refractivity contribution in [3.8, 4) is 11.5 Å². The van der Waals surface area contributed by atoms with E-state index in [1.165, 1.54) is 6.92 Å². The third kappa shape index (κ3) is 3.97. The lowest BCUT2D eigenvalue weighted by molar-refractivity contribution is 0.101. The van der Waals surface area contributed by atoms with E-state index < -0.39 is 0 Å². The van der Waals surface area contributed by atoms with E-state index >= 15 is 0 Å². The largest absolute Gasteiger partial charge is 0.507 e. The van der Waals surface area contributed by atoms with Gasteiger partial charge in [-0.3, -0.25) is 9.59 Å². The third-order valence-electron chi connectivity index (χ3n) is 3.60. The normalized spacial score (nSPS) is 10.3. The van der Waals surface area contributed by atoms with Crippen LogP contribution in [0.1, 0.15) is 52.1 Å². The number of benzene rings is 2. The first-order chi connectivity index (χ1) is 11.1. The Morgan fingerprint density at radius 2 is 2.04 bits per heavy atom. The molecule has 0 saturated heterocycles. The summed E-state index contributed by atoms with van der Waals surface area (Å²) in [4.78, 5) is 22.4. The maximum absolute atomic E-state index is 11.5. The van der Waals surface area contributed by atoms with E-state index in [1.54, 1.807) is 30.3 Å². The molecule has 0 heterocycles. The smallest absolute Gasteiger partial charge is 0.163 e. The Morgan fingerprint density at radius 1 is 1.26 bits per heavy atom. The van der Waals surface area contributed by atoms with Crippen molar-refractivity contribution in [1.82, 2.24) is 0 Å². The number of carbonyl (C=O) groups excluding carboxylic acids is 2. The minimum absolute atomic E-state index is 0.00140. The summed E-state index contributed by atoms with van der Waals surface area (Å²) in [5, 5.41) is 10.3. The Labute approximate surface area is 135 Å². The first-order valence-corrected chi connectivity index (χ1v) is 7.59. The summed E-state index contributed by atoms with van der Waals surface area (Å²) < 4.78 is 5.80. The Bertz CT molecular complexity index is 719. The van der Waals surface area contributed by atoms with Crippen LogP contribution in [0.5, 0.6) is 11.5 Å². The van der Waals surface area contributed by atoms with Gasteiger partial charge >= 0.3 is 0 Å². The van der Waals surface area contributed by atoms with Crippen molar-refractivity contribution in [3.63, 3.8) is 0 Å². The zero-order valence-electron chi connectivity index (χ0n) is 13.3. The zero-order valence-corrected chi connectivity index (χ0v) is 13.3. The Hall–Kier alpha value is -2.62. The molecule has 1 N–H and O–H groups in total. The van der Waals surface area contributed by atoms with Gasteiger partial charge in [-0.1, -0.05) is 31.5 Å². The van der Waals surface area contributed by atoms with Crippen LogP contribution in [0, 0.1) is 0 Å². The van der Waals surface area contributed by atoms with Crippen molar-refractivity contribution in [2.75, 3.05) is 0 Å². The molecule has 2 aromatic rings. The predicted octanol–water partition coefficient (Wildman–Crippen LogP) is 3.94. The lowest BCUT2D eigenvalue weighted by Gasteiger charge is -2.14. The van der Waals surface area contributed by atoms with Gasteiger partial charge in [0, 0.05) is 11.1 Å². The van der Waals surface area contributed by atoms with Crippen molar-refractivity contribution < 1.29 is 19.4 Å². The van der Waals surface area contributed by atoms with Gasteiger partial charge in [0.1, 0.15) is 24.4 Å². The molecule has 4 nitrogen and oxygen atoms in total. The van der Waals surface area contributed by atoms with Crippen molar-refractivity contribution >= 4 is 12.1 Å². The minimum atomic E-state index is -0.176. The number of Topliss-reactive ketones (excluding diaryl/α,β-unsaturated/α-hetero) is 1. The minimum Gasteiger partial charge on any atom is -0.507 e. The number of phenolic OH excluding ortho intramolecular Hbond substituents is 1. The molecule has 0 aliphatic rings. The zero-order chi connectivity index (χ0) is 16.8. The lowest BCUT2D eigenvalue weighted by Crippen LogP contribution is -2.02. The standard InChI is InChI=1S/C19H20O4/c1-3-5-17-18(9-8-16(13(2)21)19(17)22)23-12-15-7-4-6-14(10-15)11-20/h4,6-11,22H,3,5,12H2,1-2H3. The van der Waals surface area contributed by atoms with Gasteiger partial charge in [0.2, 0.25) is 0 Å². The van der Waals surface area contributed by atoms with Crippen LogP contribution < -0.4 is 4.74 Å². The van der Waals surface area contributed by atoms with Crippen molar-refractivity contribution in [2.45, 2.75) is 33.3 Å².